The number of anilines is 1. The van der Waals surface area contributed by atoms with Crippen molar-refractivity contribution in [3.63, 3.8) is 0 Å². The summed E-state index contributed by atoms with van der Waals surface area (Å²) in [6.45, 7) is 0. The van der Waals surface area contributed by atoms with Gasteiger partial charge >= 0.3 is 0 Å². The van der Waals surface area contributed by atoms with Crippen molar-refractivity contribution in [3.05, 3.63) is 53.9 Å². The van der Waals surface area contributed by atoms with Gasteiger partial charge in [0.25, 0.3) is 5.91 Å². The van der Waals surface area contributed by atoms with E-state index in [2.05, 4.69) is 30.9 Å². The molecule has 0 fully saturated rings. The van der Waals surface area contributed by atoms with Crippen LogP contribution < -0.4 is 10.3 Å². The lowest BCUT2D eigenvalue weighted by Gasteiger charge is -2.06. The summed E-state index contributed by atoms with van der Waals surface area (Å²) in [4.78, 5) is 15.1. The standard InChI is InChI=1S/C14H9N7O/c15-8-10-7-9(13-18-20-21-19-13)1-2-12(10)14(22)17-11-3-5-16-6-4-11/h1-7H,(H,16,17,22)(H,18,19,20,21)/p+1. The molecule has 22 heavy (non-hydrogen) atoms. The molecule has 0 unspecified atom stereocenters. The zero-order chi connectivity index (χ0) is 15.4. The fraction of sp³-hybridized carbons (Fsp3) is 0. The van der Waals surface area contributed by atoms with Crippen LogP contribution in [0.25, 0.3) is 11.4 Å². The number of carbonyl (C=O) groups excluding carboxylic acids is 1. The van der Waals surface area contributed by atoms with Crippen LogP contribution in [0.5, 0.6) is 0 Å². The van der Waals surface area contributed by atoms with Crippen LogP contribution in [0.15, 0.2) is 42.7 Å². The maximum absolute atomic E-state index is 12.3. The van der Waals surface area contributed by atoms with Crippen LogP contribution in [0.1, 0.15) is 15.9 Å². The first-order valence-electron chi connectivity index (χ1n) is 6.33. The maximum Gasteiger partial charge on any atom is 0.257 e. The topological polar surface area (TPSA) is 121 Å². The molecule has 1 amide bonds. The van der Waals surface area contributed by atoms with Crippen molar-refractivity contribution in [1.29, 1.82) is 5.26 Å². The molecule has 0 aliphatic rings. The van der Waals surface area contributed by atoms with Crippen molar-refractivity contribution in [2.24, 2.45) is 0 Å². The van der Waals surface area contributed by atoms with Crippen LogP contribution in [0, 0.1) is 11.3 Å². The number of pyridine rings is 1. The minimum absolute atomic E-state index is 0.238. The molecule has 2 aromatic heterocycles. The summed E-state index contributed by atoms with van der Waals surface area (Å²) in [7, 11) is 0. The molecule has 0 bridgehead atoms. The number of hydrogen-bond acceptors (Lipinski definition) is 5. The lowest BCUT2D eigenvalue weighted by Crippen LogP contribution is -2.14. The van der Waals surface area contributed by atoms with Crippen LogP contribution in [0.2, 0.25) is 0 Å². The lowest BCUT2D eigenvalue weighted by molar-refractivity contribution is -0.377. The van der Waals surface area contributed by atoms with Crippen LogP contribution in [-0.2, 0) is 0 Å². The second-order valence-electron chi connectivity index (χ2n) is 4.35. The second kappa shape index (κ2) is 5.80. The zero-order valence-corrected chi connectivity index (χ0v) is 11.2. The van der Waals surface area contributed by atoms with Crippen molar-refractivity contribution < 1.29 is 9.78 Å². The van der Waals surface area contributed by atoms with E-state index in [-0.39, 0.29) is 17.0 Å². The number of aromatic nitrogens is 5. The van der Waals surface area contributed by atoms with E-state index in [0.29, 0.717) is 17.1 Å². The van der Waals surface area contributed by atoms with E-state index >= 15 is 0 Å². The molecule has 1 aromatic carbocycles. The number of carbonyl (C=O) groups is 1. The van der Waals surface area contributed by atoms with Gasteiger partial charge in [0.05, 0.1) is 22.9 Å². The Morgan fingerprint density at radius 2 is 2.09 bits per heavy atom. The van der Waals surface area contributed by atoms with Crippen LogP contribution >= 0.6 is 0 Å². The maximum atomic E-state index is 12.3. The molecular weight excluding hydrogens is 282 g/mol. The Morgan fingerprint density at radius 1 is 1.27 bits per heavy atom. The molecule has 0 aliphatic carbocycles. The number of benzene rings is 1. The first kappa shape index (κ1) is 13.4. The minimum atomic E-state index is -0.359. The molecule has 3 aromatic rings. The highest BCUT2D eigenvalue weighted by Crippen LogP contribution is 2.19. The number of H-pyrrole nitrogens is 2. The summed E-state index contributed by atoms with van der Waals surface area (Å²) < 4.78 is 0. The van der Waals surface area contributed by atoms with Gasteiger partial charge in [0, 0.05) is 17.7 Å². The van der Waals surface area contributed by atoms with E-state index in [4.69, 9.17) is 0 Å². The van der Waals surface area contributed by atoms with Crippen LogP contribution in [0.4, 0.5) is 5.69 Å². The molecule has 3 rings (SSSR count). The number of nitrogens with zero attached hydrogens (tertiary/aromatic N) is 4. The normalized spacial score (nSPS) is 9.95. The number of nitriles is 1. The number of nitrogens with one attached hydrogen (secondary N) is 3. The third kappa shape index (κ3) is 2.64. The van der Waals surface area contributed by atoms with Gasteiger partial charge in [-0.3, -0.25) is 4.79 Å². The smallest absolute Gasteiger partial charge is 0.257 e. The summed E-state index contributed by atoms with van der Waals surface area (Å²) in [5.41, 5.74) is 1.76. The highest BCUT2D eigenvalue weighted by atomic mass is 16.1. The monoisotopic (exact) mass is 292 g/mol. The molecule has 106 valence electrons. The number of rotatable bonds is 3. The van der Waals surface area contributed by atoms with Crippen LogP contribution in [0.3, 0.4) is 0 Å². The average molecular weight is 292 g/mol. The largest absolute Gasteiger partial charge is 0.322 e. The Labute approximate surface area is 124 Å². The molecule has 0 radical (unpaired) electrons. The van der Waals surface area contributed by atoms with Gasteiger partial charge in [-0.1, -0.05) is 6.07 Å². The zero-order valence-electron chi connectivity index (χ0n) is 11.2. The lowest BCUT2D eigenvalue weighted by atomic mass is 10.0. The summed E-state index contributed by atoms with van der Waals surface area (Å²) in [5.74, 6) is 0.00414. The fourth-order valence-electron chi connectivity index (χ4n) is 1.93. The Hall–Kier alpha value is -3.60. The number of aromatic amines is 2. The van der Waals surface area contributed by atoms with Gasteiger partial charge in [-0.15, -0.1) is 10.2 Å². The summed E-state index contributed by atoms with van der Waals surface area (Å²) in [6.07, 6.45) is 3.39. The van der Waals surface area contributed by atoms with Crippen molar-refractivity contribution in [2.45, 2.75) is 0 Å². The molecule has 0 saturated carbocycles. The number of hydrogen-bond donors (Lipinski definition) is 2. The van der Waals surface area contributed by atoms with Gasteiger partial charge in [-0.05, 0) is 17.3 Å². The van der Waals surface area contributed by atoms with Crippen molar-refractivity contribution in [2.75, 3.05) is 5.32 Å². The second-order valence-corrected chi connectivity index (χ2v) is 4.35. The van der Waals surface area contributed by atoms with E-state index < -0.39 is 0 Å². The van der Waals surface area contributed by atoms with Gasteiger partial charge in [0.15, 0.2) is 12.4 Å². The van der Waals surface area contributed by atoms with Crippen molar-refractivity contribution in [1.82, 2.24) is 20.6 Å². The first-order chi connectivity index (χ1) is 10.8. The van der Waals surface area contributed by atoms with Crippen LogP contribution in [-0.4, -0.2) is 26.5 Å². The molecule has 8 heteroatoms. The molecule has 0 saturated heterocycles. The quantitative estimate of drug-likeness (QED) is 0.739. The summed E-state index contributed by atoms with van der Waals surface area (Å²) in [5, 5.41) is 25.5. The van der Waals surface area contributed by atoms with E-state index in [9.17, 15) is 10.1 Å². The van der Waals surface area contributed by atoms with Gasteiger partial charge in [0.1, 0.15) is 0 Å². The average Bonchev–Trinajstić information content (AvgIpc) is 3.09. The predicted molar refractivity (Wildman–Crippen MR) is 75.3 cm³/mol. The van der Waals surface area contributed by atoms with Crippen molar-refractivity contribution in [3.8, 4) is 17.5 Å². The number of amides is 1. The van der Waals surface area contributed by atoms with Gasteiger partial charge in [-0.2, -0.15) is 10.5 Å². The van der Waals surface area contributed by atoms with Gasteiger partial charge < -0.3 is 5.32 Å². The van der Waals surface area contributed by atoms with Crippen molar-refractivity contribution >= 4 is 11.6 Å². The molecular formula is C14H10N7O+. The predicted octanol–water partition coefficient (Wildman–Crippen LogP) is 0.805. The first-order valence-corrected chi connectivity index (χ1v) is 6.33. The third-order valence-electron chi connectivity index (χ3n) is 2.96. The highest BCUT2D eigenvalue weighted by molar-refractivity contribution is 6.06. The molecule has 8 nitrogen and oxygen atoms in total. The molecule has 3 N–H and O–H groups in total. The Balaban J connectivity index is 1.91. The Morgan fingerprint density at radius 3 is 2.77 bits per heavy atom. The third-order valence-corrected chi connectivity index (χ3v) is 2.96. The Bertz CT molecular complexity index is 837. The molecule has 2 heterocycles. The molecule has 0 aliphatic heterocycles. The Kier molecular flexibility index (Phi) is 3.53. The van der Waals surface area contributed by atoms with E-state index in [1.807, 2.05) is 6.07 Å². The molecule has 0 atom stereocenters. The summed E-state index contributed by atoms with van der Waals surface area (Å²) >= 11 is 0. The van der Waals surface area contributed by atoms with E-state index in [0.717, 1.165) is 0 Å². The fourth-order valence-corrected chi connectivity index (χ4v) is 1.93. The minimum Gasteiger partial charge on any atom is -0.322 e. The SMILES string of the molecule is N#Cc1cc(-c2nn[nH]n2)ccc1C(=O)Nc1cc[nH+]cc1. The summed E-state index contributed by atoms with van der Waals surface area (Å²) in [6, 6.07) is 10.2. The van der Waals surface area contributed by atoms with Gasteiger partial charge in [-0.25, -0.2) is 4.98 Å². The van der Waals surface area contributed by atoms with Gasteiger partial charge in [0.2, 0.25) is 5.82 Å². The molecule has 0 spiro atoms. The van der Waals surface area contributed by atoms with E-state index in [1.165, 1.54) is 0 Å². The van der Waals surface area contributed by atoms with E-state index in [1.54, 1.807) is 42.7 Å². The number of tetrazole rings is 1. The highest BCUT2D eigenvalue weighted by Gasteiger charge is 2.14.